The van der Waals surface area contributed by atoms with Gasteiger partial charge in [-0.2, -0.15) is 0 Å². The number of pyridine rings is 1. The van der Waals surface area contributed by atoms with Gasteiger partial charge in [0.1, 0.15) is 11.4 Å². The van der Waals surface area contributed by atoms with Gasteiger partial charge in [0.05, 0.1) is 0 Å². The molecule has 0 spiro atoms. The highest BCUT2D eigenvalue weighted by Crippen LogP contribution is 2.23. The third-order valence-electron chi connectivity index (χ3n) is 4.38. The van der Waals surface area contributed by atoms with Crippen LogP contribution < -0.4 is 4.90 Å². The Morgan fingerprint density at radius 2 is 1.96 bits per heavy atom. The molecule has 24 heavy (non-hydrogen) atoms. The lowest BCUT2D eigenvalue weighted by Gasteiger charge is -2.36. The fourth-order valence-corrected chi connectivity index (χ4v) is 3.09. The number of aromatic nitrogens is 1. The van der Waals surface area contributed by atoms with E-state index in [-0.39, 0.29) is 6.09 Å². The SMILES string of the molecule is CC(C)(C)OC(=O)N1CCN(c2cc3c(cn2)CCCC=C3)CC1. The van der Waals surface area contributed by atoms with E-state index in [1.54, 1.807) is 4.90 Å². The van der Waals surface area contributed by atoms with Crippen molar-refractivity contribution in [3.8, 4) is 0 Å². The van der Waals surface area contributed by atoms with E-state index in [1.165, 1.54) is 17.5 Å². The summed E-state index contributed by atoms with van der Waals surface area (Å²) in [5.74, 6) is 1.00. The lowest BCUT2D eigenvalue weighted by molar-refractivity contribution is 0.0240. The Bertz CT molecular complexity index is 626. The second-order valence-electron chi connectivity index (χ2n) is 7.49. The first-order chi connectivity index (χ1) is 11.4. The van der Waals surface area contributed by atoms with Gasteiger partial charge in [-0.3, -0.25) is 0 Å². The van der Waals surface area contributed by atoms with Gasteiger partial charge in [0.2, 0.25) is 0 Å². The van der Waals surface area contributed by atoms with Gasteiger partial charge in [0, 0.05) is 32.4 Å². The zero-order chi connectivity index (χ0) is 17.2. The fraction of sp³-hybridized carbons (Fsp3) is 0.579. The number of allylic oxidation sites excluding steroid dienone is 1. The molecule has 1 aliphatic heterocycles. The standard InChI is InChI=1S/C19H27N3O2/c1-19(2,3)24-18(23)22-11-9-21(10-12-22)17-13-15-7-5-4-6-8-16(15)14-20-17/h5,7,13-14H,4,6,8-12H2,1-3H3. The van der Waals surface area contributed by atoms with Gasteiger partial charge in [-0.15, -0.1) is 0 Å². The smallest absolute Gasteiger partial charge is 0.410 e. The van der Waals surface area contributed by atoms with Crippen molar-refractivity contribution in [2.45, 2.75) is 45.6 Å². The van der Waals surface area contributed by atoms with E-state index in [9.17, 15) is 4.79 Å². The van der Waals surface area contributed by atoms with Crippen molar-refractivity contribution in [2.24, 2.45) is 0 Å². The van der Waals surface area contributed by atoms with Crippen molar-refractivity contribution >= 4 is 18.0 Å². The van der Waals surface area contributed by atoms with Crippen LogP contribution in [-0.2, 0) is 11.2 Å². The third kappa shape index (κ3) is 4.08. The summed E-state index contributed by atoms with van der Waals surface area (Å²) >= 11 is 0. The molecule has 1 saturated heterocycles. The average molecular weight is 329 g/mol. The van der Waals surface area contributed by atoms with Crippen molar-refractivity contribution in [2.75, 3.05) is 31.1 Å². The number of carbonyl (C=O) groups is 1. The molecule has 0 unspecified atom stereocenters. The minimum atomic E-state index is -0.445. The van der Waals surface area contributed by atoms with Crippen LogP contribution in [0.2, 0.25) is 0 Å². The number of fused-ring (bicyclic) bond motifs is 1. The molecular weight excluding hydrogens is 302 g/mol. The Morgan fingerprint density at radius 3 is 2.67 bits per heavy atom. The third-order valence-corrected chi connectivity index (χ3v) is 4.38. The minimum Gasteiger partial charge on any atom is -0.444 e. The number of amides is 1. The summed E-state index contributed by atoms with van der Waals surface area (Å²) in [5, 5.41) is 0. The van der Waals surface area contributed by atoms with Gasteiger partial charge < -0.3 is 14.5 Å². The number of piperazine rings is 1. The first-order valence-electron chi connectivity index (χ1n) is 8.81. The largest absolute Gasteiger partial charge is 0.444 e. The number of hydrogen-bond acceptors (Lipinski definition) is 4. The van der Waals surface area contributed by atoms with E-state index < -0.39 is 5.60 Å². The summed E-state index contributed by atoms with van der Waals surface area (Å²) in [5.41, 5.74) is 2.17. The van der Waals surface area contributed by atoms with E-state index in [0.29, 0.717) is 13.1 Å². The molecule has 0 aromatic carbocycles. The van der Waals surface area contributed by atoms with E-state index in [1.807, 2.05) is 27.0 Å². The number of ether oxygens (including phenoxy) is 1. The van der Waals surface area contributed by atoms with Gasteiger partial charge in [-0.25, -0.2) is 9.78 Å². The van der Waals surface area contributed by atoms with Crippen LogP contribution in [0, 0.1) is 0 Å². The Kier molecular flexibility index (Phi) is 4.78. The molecule has 1 aliphatic carbocycles. The van der Waals surface area contributed by atoms with Gasteiger partial charge >= 0.3 is 6.09 Å². The predicted molar refractivity (Wildman–Crippen MR) is 96.2 cm³/mol. The maximum absolute atomic E-state index is 12.1. The molecule has 130 valence electrons. The highest BCUT2D eigenvalue weighted by atomic mass is 16.6. The van der Waals surface area contributed by atoms with Crippen LogP contribution in [0.25, 0.3) is 6.08 Å². The molecule has 1 fully saturated rings. The zero-order valence-corrected chi connectivity index (χ0v) is 14.9. The second kappa shape index (κ2) is 6.83. The molecule has 0 radical (unpaired) electrons. The van der Waals surface area contributed by atoms with Crippen molar-refractivity contribution in [3.63, 3.8) is 0 Å². The Hall–Kier alpha value is -2.04. The zero-order valence-electron chi connectivity index (χ0n) is 14.9. The first kappa shape index (κ1) is 16.8. The molecule has 1 amide bonds. The number of rotatable bonds is 1. The normalized spacial score (nSPS) is 18.1. The van der Waals surface area contributed by atoms with E-state index in [4.69, 9.17) is 4.74 Å². The lowest BCUT2D eigenvalue weighted by Crippen LogP contribution is -2.50. The summed E-state index contributed by atoms with van der Waals surface area (Å²) in [6, 6.07) is 2.18. The topological polar surface area (TPSA) is 45.7 Å². The van der Waals surface area contributed by atoms with E-state index in [0.717, 1.165) is 31.7 Å². The van der Waals surface area contributed by atoms with Crippen molar-refractivity contribution in [1.82, 2.24) is 9.88 Å². The van der Waals surface area contributed by atoms with Crippen LogP contribution in [-0.4, -0.2) is 47.8 Å². The number of aryl methyl sites for hydroxylation is 1. The Morgan fingerprint density at radius 1 is 1.21 bits per heavy atom. The monoisotopic (exact) mass is 329 g/mol. The summed E-state index contributed by atoms with van der Waals surface area (Å²) in [7, 11) is 0. The molecule has 1 aromatic rings. The van der Waals surface area contributed by atoms with E-state index >= 15 is 0 Å². The molecular formula is C19H27N3O2. The molecule has 3 rings (SSSR count). The van der Waals surface area contributed by atoms with Crippen molar-refractivity contribution in [1.29, 1.82) is 0 Å². The summed E-state index contributed by atoms with van der Waals surface area (Å²) in [6.45, 7) is 8.60. The second-order valence-corrected chi connectivity index (χ2v) is 7.49. The van der Waals surface area contributed by atoms with E-state index in [2.05, 4.69) is 28.1 Å². The molecule has 0 saturated carbocycles. The molecule has 0 N–H and O–H groups in total. The maximum atomic E-state index is 12.1. The molecule has 5 nitrogen and oxygen atoms in total. The van der Waals surface area contributed by atoms with Gasteiger partial charge in [-0.1, -0.05) is 12.2 Å². The molecule has 2 heterocycles. The van der Waals surface area contributed by atoms with Gasteiger partial charge in [-0.05, 0) is 57.2 Å². The molecule has 5 heteroatoms. The summed E-state index contributed by atoms with van der Waals surface area (Å²) in [4.78, 5) is 20.8. The van der Waals surface area contributed by atoms with Crippen LogP contribution in [0.5, 0.6) is 0 Å². The minimum absolute atomic E-state index is 0.222. The highest BCUT2D eigenvalue weighted by Gasteiger charge is 2.26. The van der Waals surface area contributed by atoms with Crippen LogP contribution in [0.4, 0.5) is 10.6 Å². The highest BCUT2D eigenvalue weighted by molar-refractivity contribution is 5.68. The molecule has 0 atom stereocenters. The summed E-state index contributed by atoms with van der Waals surface area (Å²) < 4.78 is 5.45. The average Bonchev–Trinajstić information content (AvgIpc) is 2.78. The lowest BCUT2D eigenvalue weighted by atomic mass is 10.1. The quantitative estimate of drug-likeness (QED) is 0.791. The van der Waals surface area contributed by atoms with Crippen LogP contribution in [0.15, 0.2) is 18.3 Å². The number of hydrogen-bond donors (Lipinski definition) is 0. The Balaban J connectivity index is 1.63. The van der Waals surface area contributed by atoms with Crippen LogP contribution >= 0.6 is 0 Å². The fourth-order valence-electron chi connectivity index (χ4n) is 3.09. The maximum Gasteiger partial charge on any atom is 0.410 e. The number of nitrogens with zero attached hydrogens (tertiary/aromatic N) is 3. The van der Waals surface area contributed by atoms with Crippen molar-refractivity contribution < 1.29 is 9.53 Å². The van der Waals surface area contributed by atoms with Crippen LogP contribution in [0.3, 0.4) is 0 Å². The number of anilines is 1. The van der Waals surface area contributed by atoms with Crippen LogP contribution in [0.1, 0.15) is 44.7 Å². The Labute approximate surface area is 144 Å². The first-order valence-corrected chi connectivity index (χ1v) is 8.81. The van der Waals surface area contributed by atoms with Crippen molar-refractivity contribution in [3.05, 3.63) is 29.5 Å². The molecule has 2 aliphatic rings. The van der Waals surface area contributed by atoms with Gasteiger partial charge in [0.25, 0.3) is 0 Å². The molecule has 0 bridgehead atoms. The number of carbonyl (C=O) groups excluding carboxylic acids is 1. The predicted octanol–water partition coefficient (Wildman–Crippen LogP) is 3.49. The summed E-state index contributed by atoms with van der Waals surface area (Å²) in [6.07, 6.45) is 9.68. The molecule has 1 aromatic heterocycles. The van der Waals surface area contributed by atoms with Gasteiger partial charge in [0.15, 0.2) is 0 Å².